The predicted molar refractivity (Wildman–Crippen MR) is 106 cm³/mol. The van der Waals surface area contributed by atoms with Crippen molar-refractivity contribution in [3.63, 3.8) is 0 Å². The molecule has 3 heterocycles. The highest BCUT2D eigenvalue weighted by Crippen LogP contribution is 2.22. The molecule has 0 atom stereocenters. The monoisotopic (exact) mass is 363 g/mol. The second-order valence-electron chi connectivity index (χ2n) is 6.47. The summed E-state index contributed by atoms with van der Waals surface area (Å²) >= 11 is 5.58. The molecule has 0 unspecified atom stereocenters. The summed E-state index contributed by atoms with van der Waals surface area (Å²) in [5, 5.41) is 4.72. The Hall–Kier alpha value is -2.57. The second kappa shape index (κ2) is 7.35. The Bertz CT molecular complexity index is 972. The lowest BCUT2D eigenvalue weighted by Gasteiger charge is -2.26. The predicted octanol–water partition coefficient (Wildman–Crippen LogP) is 3.76. The molecule has 4 rings (SSSR count). The van der Waals surface area contributed by atoms with Crippen molar-refractivity contribution in [2.24, 2.45) is 7.05 Å². The SMILES string of the molecule is Cn1c(-c2cccnc2)nn(CN2CC=C(c3ccccc3)CC2)c1=S. The fraction of sp³-hybridized carbons (Fsp3) is 0.250. The standard InChI is InChI=1S/C20H21N5S/c1-23-19(18-8-5-11-21-14-18)22-25(20(23)26)15-24-12-9-17(10-13-24)16-6-3-2-4-7-16/h2-9,11,14H,10,12-13,15H2,1H3. The molecular formula is C20H21N5S. The molecule has 0 spiro atoms. The Morgan fingerprint density at radius 1 is 1.08 bits per heavy atom. The van der Waals surface area contributed by atoms with Crippen LogP contribution in [0.2, 0.25) is 0 Å². The molecule has 6 heteroatoms. The van der Waals surface area contributed by atoms with Crippen LogP contribution in [0.5, 0.6) is 0 Å². The normalized spacial score (nSPS) is 15.0. The lowest BCUT2D eigenvalue weighted by molar-refractivity contribution is 0.226. The number of hydrogen-bond donors (Lipinski definition) is 0. The van der Waals surface area contributed by atoms with E-state index >= 15 is 0 Å². The summed E-state index contributed by atoms with van der Waals surface area (Å²) in [5.41, 5.74) is 3.72. The van der Waals surface area contributed by atoms with E-state index in [0.29, 0.717) is 6.67 Å². The molecule has 0 radical (unpaired) electrons. The van der Waals surface area contributed by atoms with Crippen LogP contribution in [-0.2, 0) is 13.7 Å². The van der Waals surface area contributed by atoms with Crippen molar-refractivity contribution >= 4 is 17.8 Å². The van der Waals surface area contributed by atoms with Crippen molar-refractivity contribution in [1.82, 2.24) is 24.2 Å². The fourth-order valence-electron chi connectivity index (χ4n) is 3.27. The van der Waals surface area contributed by atoms with Crippen LogP contribution in [0.1, 0.15) is 12.0 Å². The van der Waals surface area contributed by atoms with E-state index < -0.39 is 0 Å². The number of nitrogens with zero attached hydrogens (tertiary/aromatic N) is 5. The lowest BCUT2D eigenvalue weighted by atomic mass is 10.00. The minimum Gasteiger partial charge on any atom is -0.303 e. The summed E-state index contributed by atoms with van der Waals surface area (Å²) in [4.78, 5) is 6.54. The quantitative estimate of drug-likeness (QED) is 0.662. The Labute approximate surface area is 158 Å². The topological polar surface area (TPSA) is 38.9 Å². The van der Waals surface area contributed by atoms with Crippen molar-refractivity contribution in [3.8, 4) is 11.4 Å². The van der Waals surface area contributed by atoms with Gasteiger partial charge in [0.05, 0.1) is 6.67 Å². The maximum absolute atomic E-state index is 5.58. The third-order valence-corrected chi connectivity index (χ3v) is 5.22. The largest absolute Gasteiger partial charge is 0.303 e. The van der Waals surface area contributed by atoms with Gasteiger partial charge < -0.3 is 4.57 Å². The van der Waals surface area contributed by atoms with E-state index in [-0.39, 0.29) is 0 Å². The summed E-state index contributed by atoms with van der Waals surface area (Å²) in [6, 6.07) is 14.5. The first kappa shape index (κ1) is 16.9. The molecule has 0 saturated heterocycles. The summed E-state index contributed by atoms with van der Waals surface area (Å²) in [6.45, 7) is 2.61. The van der Waals surface area contributed by atoms with E-state index in [9.17, 15) is 0 Å². The van der Waals surface area contributed by atoms with Gasteiger partial charge in [0.15, 0.2) is 10.6 Å². The van der Waals surface area contributed by atoms with Gasteiger partial charge in [0, 0.05) is 38.1 Å². The Kier molecular flexibility index (Phi) is 4.77. The van der Waals surface area contributed by atoms with Crippen LogP contribution in [0.3, 0.4) is 0 Å². The van der Waals surface area contributed by atoms with Gasteiger partial charge in [-0.3, -0.25) is 9.88 Å². The summed E-state index contributed by atoms with van der Waals surface area (Å²) in [5.74, 6) is 0.848. The molecule has 0 saturated carbocycles. The second-order valence-corrected chi connectivity index (χ2v) is 6.84. The molecule has 5 nitrogen and oxygen atoms in total. The summed E-state index contributed by atoms with van der Waals surface area (Å²) < 4.78 is 4.57. The van der Waals surface area contributed by atoms with Gasteiger partial charge in [-0.15, -0.1) is 0 Å². The number of hydrogen-bond acceptors (Lipinski definition) is 4. The maximum Gasteiger partial charge on any atom is 0.199 e. The highest BCUT2D eigenvalue weighted by Gasteiger charge is 2.16. The highest BCUT2D eigenvalue weighted by molar-refractivity contribution is 7.71. The van der Waals surface area contributed by atoms with Crippen molar-refractivity contribution in [2.45, 2.75) is 13.1 Å². The molecule has 1 aliphatic heterocycles. The summed E-state index contributed by atoms with van der Waals surface area (Å²) in [7, 11) is 1.96. The molecule has 0 N–H and O–H groups in total. The van der Waals surface area contributed by atoms with E-state index in [4.69, 9.17) is 17.3 Å². The van der Waals surface area contributed by atoms with Gasteiger partial charge in [-0.1, -0.05) is 36.4 Å². The van der Waals surface area contributed by atoms with E-state index in [0.717, 1.165) is 35.7 Å². The molecule has 26 heavy (non-hydrogen) atoms. The Balaban J connectivity index is 1.51. The van der Waals surface area contributed by atoms with Gasteiger partial charge in [-0.2, -0.15) is 5.10 Å². The van der Waals surface area contributed by atoms with Crippen LogP contribution in [0, 0.1) is 4.77 Å². The van der Waals surface area contributed by atoms with Crippen LogP contribution in [-0.4, -0.2) is 37.3 Å². The van der Waals surface area contributed by atoms with Crippen molar-refractivity contribution in [2.75, 3.05) is 13.1 Å². The molecule has 0 amide bonds. The third-order valence-electron chi connectivity index (χ3n) is 4.73. The number of rotatable bonds is 4. The molecule has 0 aliphatic carbocycles. The molecule has 0 bridgehead atoms. The first-order valence-electron chi connectivity index (χ1n) is 8.73. The minimum atomic E-state index is 0.700. The molecule has 1 aliphatic rings. The van der Waals surface area contributed by atoms with Crippen molar-refractivity contribution < 1.29 is 0 Å². The molecular weight excluding hydrogens is 342 g/mol. The van der Waals surface area contributed by atoms with Crippen LogP contribution in [0.4, 0.5) is 0 Å². The van der Waals surface area contributed by atoms with Gasteiger partial charge >= 0.3 is 0 Å². The Morgan fingerprint density at radius 2 is 1.88 bits per heavy atom. The van der Waals surface area contributed by atoms with Crippen LogP contribution < -0.4 is 0 Å². The van der Waals surface area contributed by atoms with E-state index in [2.05, 4.69) is 46.3 Å². The molecule has 3 aromatic rings. The van der Waals surface area contributed by atoms with Gasteiger partial charge in [0.25, 0.3) is 0 Å². The summed E-state index contributed by atoms with van der Waals surface area (Å²) in [6.07, 6.45) is 6.93. The van der Waals surface area contributed by atoms with E-state index in [1.165, 1.54) is 11.1 Å². The molecule has 2 aromatic heterocycles. The van der Waals surface area contributed by atoms with E-state index in [1.807, 2.05) is 34.6 Å². The third kappa shape index (κ3) is 3.38. The average Bonchev–Trinajstić information content (AvgIpc) is 2.98. The average molecular weight is 363 g/mol. The van der Waals surface area contributed by atoms with Crippen LogP contribution in [0.25, 0.3) is 17.0 Å². The van der Waals surface area contributed by atoms with Crippen molar-refractivity contribution in [3.05, 3.63) is 71.3 Å². The minimum absolute atomic E-state index is 0.700. The highest BCUT2D eigenvalue weighted by atomic mass is 32.1. The van der Waals surface area contributed by atoms with Crippen molar-refractivity contribution in [1.29, 1.82) is 0 Å². The zero-order valence-electron chi connectivity index (χ0n) is 14.7. The fourth-order valence-corrected chi connectivity index (χ4v) is 3.46. The van der Waals surface area contributed by atoms with Crippen LogP contribution >= 0.6 is 12.2 Å². The number of benzene rings is 1. The maximum atomic E-state index is 5.58. The van der Waals surface area contributed by atoms with E-state index in [1.54, 1.807) is 6.20 Å². The first-order chi connectivity index (χ1) is 12.7. The number of pyridine rings is 1. The molecule has 0 fully saturated rings. The van der Waals surface area contributed by atoms with Gasteiger partial charge in [0.2, 0.25) is 0 Å². The number of aromatic nitrogens is 4. The first-order valence-corrected chi connectivity index (χ1v) is 9.14. The molecule has 1 aromatic carbocycles. The zero-order chi connectivity index (χ0) is 17.9. The van der Waals surface area contributed by atoms with Gasteiger partial charge in [-0.25, -0.2) is 4.68 Å². The zero-order valence-corrected chi connectivity index (χ0v) is 15.6. The molecule has 132 valence electrons. The lowest BCUT2D eigenvalue weighted by Crippen LogP contribution is -2.31. The smallest absolute Gasteiger partial charge is 0.199 e. The Morgan fingerprint density at radius 3 is 2.58 bits per heavy atom. The van der Waals surface area contributed by atoms with Crippen LogP contribution in [0.15, 0.2) is 60.9 Å². The van der Waals surface area contributed by atoms with Gasteiger partial charge in [0.1, 0.15) is 0 Å². The van der Waals surface area contributed by atoms with Gasteiger partial charge in [-0.05, 0) is 41.9 Å².